The summed E-state index contributed by atoms with van der Waals surface area (Å²) in [5.74, 6) is -0.986. The van der Waals surface area contributed by atoms with Gasteiger partial charge in [-0.25, -0.2) is 0 Å². The largest absolute Gasteiger partial charge is 0.416 e. The number of hydrogen-bond donors (Lipinski definition) is 3. The lowest BCUT2D eigenvalue weighted by Crippen LogP contribution is -2.44. The van der Waals surface area contributed by atoms with Gasteiger partial charge in [0, 0.05) is 4.47 Å². The van der Waals surface area contributed by atoms with E-state index >= 15 is 0 Å². The summed E-state index contributed by atoms with van der Waals surface area (Å²) in [5.41, 5.74) is 4.26. The van der Waals surface area contributed by atoms with Crippen LogP contribution in [0.2, 0.25) is 0 Å². The molecule has 1 aromatic rings. The number of carbonyl (C=O) groups excluding carboxylic acids is 1. The molecule has 0 radical (unpaired) electrons. The second-order valence-electron chi connectivity index (χ2n) is 4.15. The molecule has 1 aromatic carbocycles. The number of carbonyl (C=O) groups is 1. The summed E-state index contributed by atoms with van der Waals surface area (Å²) < 4.78 is 38.2. The molecule has 1 atom stereocenters. The Morgan fingerprint density at radius 2 is 2.14 bits per heavy atom. The molecule has 0 fully saturated rings. The van der Waals surface area contributed by atoms with Crippen molar-refractivity contribution >= 4 is 27.7 Å². The lowest BCUT2D eigenvalue weighted by molar-refractivity contribution is -0.137. The Morgan fingerprint density at radius 3 is 2.62 bits per heavy atom. The summed E-state index contributed by atoms with van der Waals surface area (Å²) in [6.07, 6.45) is -4.23. The van der Waals surface area contributed by atoms with Gasteiger partial charge in [0.25, 0.3) is 5.91 Å². The van der Waals surface area contributed by atoms with Gasteiger partial charge in [-0.05, 0) is 40.5 Å². The third-order valence-corrected chi connectivity index (χ3v) is 3.42. The second-order valence-corrected chi connectivity index (χ2v) is 5.01. The summed E-state index contributed by atoms with van der Waals surface area (Å²) in [4.78, 5) is 12.0. The van der Waals surface area contributed by atoms with E-state index in [0.717, 1.165) is 18.2 Å². The van der Waals surface area contributed by atoms with Gasteiger partial charge in [0.05, 0.1) is 17.2 Å². The van der Waals surface area contributed by atoms with E-state index in [2.05, 4.69) is 26.4 Å². The average molecular weight is 368 g/mol. The minimum Gasteiger partial charge on any atom is -0.409 e. The monoisotopic (exact) mass is 367 g/mol. The summed E-state index contributed by atoms with van der Waals surface area (Å²) >= 11 is 3.02. The highest BCUT2D eigenvalue weighted by molar-refractivity contribution is 9.10. The first-order valence-electron chi connectivity index (χ1n) is 5.85. The number of nitrogens with two attached hydrogens (primary N) is 1. The fourth-order valence-corrected chi connectivity index (χ4v) is 1.99. The van der Waals surface area contributed by atoms with Crippen molar-refractivity contribution in [2.24, 2.45) is 10.9 Å². The van der Waals surface area contributed by atoms with E-state index in [1.54, 1.807) is 6.92 Å². The molecule has 0 heterocycles. The van der Waals surface area contributed by atoms with E-state index in [0.29, 0.717) is 6.42 Å². The van der Waals surface area contributed by atoms with Gasteiger partial charge in [-0.2, -0.15) is 13.2 Å². The molecule has 0 spiro atoms. The fraction of sp³-hybridized carbons (Fsp3) is 0.333. The molecule has 0 aromatic heterocycles. The maximum Gasteiger partial charge on any atom is 0.416 e. The van der Waals surface area contributed by atoms with Crippen molar-refractivity contribution in [3.05, 3.63) is 33.8 Å². The van der Waals surface area contributed by atoms with Gasteiger partial charge < -0.3 is 16.3 Å². The van der Waals surface area contributed by atoms with E-state index in [1.807, 2.05) is 0 Å². The minimum absolute atomic E-state index is 0.186. The van der Waals surface area contributed by atoms with Crippen LogP contribution in [0.25, 0.3) is 0 Å². The lowest BCUT2D eigenvalue weighted by Gasteiger charge is -2.16. The Labute approximate surface area is 127 Å². The van der Waals surface area contributed by atoms with Crippen LogP contribution in [-0.4, -0.2) is 23.0 Å². The molecule has 0 aliphatic heterocycles. The van der Waals surface area contributed by atoms with Crippen LogP contribution < -0.4 is 11.1 Å². The number of oxime groups is 1. The highest BCUT2D eigenvalue weighted by Crippen LogP contribution is 2.31. The normalized spacial score (nSPS) is 13.9. The van der Waals surface area contributed by atoms with Crippen molar-refractivity contribution in [1.82, 2.24) is 5.32 Å². The molecule has 1 rings (SSSR count). The highest BCUT2D eigenvalue weighted by atomic mass is 79.9. The average Bonchev–Trinajstić information content (AvgIpc) is 2.42. The van der Waals surface area contributed by atoms with E-state index in [4.69, 9.17) is 10.9 Å². The quantitative estimate of drug-likeness (QED) is 0.331. The number of hydrogen-bond acceptors (Lipinski definition) is 3. The lowest BCUT2D eigenvalue weighted by atomic mass is 10.1. The summed E-state index contributed by atoms with van der Waals surface area (Å²) in [6, 6.07) is 1.96. The summed E-state index contributed by atoms with van der Waals surface area (Å²) in [6.45, 7) is 1.67. The number of amidine groups is 1. The molecule has 0 bridgehead atoms. The van der Waals surface area contributed by atoms with Crippen molar-refractivity contribution in [2.45, 2.75) is 25.6 Å². The SMILES string of the molecule is CCC(NC(=O)c1cc(C(F)(F)F)ccc1Br)/C(N)=N/O. The molecule has 1 unspecified atom stereocenters. The third-order valence-electron chi connectivity index (χ3n) is 2.72. The number of nitrogens with zero attached hydrogens (tertiary/aromatic N) is 1. The minimum atomic E-state index is -4.55. The standard InChI is InChI=1S/C12H13BrF3N3O2/c1-2-9(10(17)19-21)18-11(20)7-5-6(12(14,15)16)3-4-8(7)13/h3-5,9,21H,2H2,1H3,(H2,17,19)(H,18,20). The maximum atomic E-state index is 12.7. The molecular formula is C12H13BrF3N3O2. The van der Waals surface area contributed by atoms with Gasteiger partial charge in [0.2, 0.25) is 0 Å². The second kappa shape index (κ2) is 6.79. The predicted octanol–water partition coefficient (Wildman–Crippen LogP) is 2.72. The molecule has 0 aliphatic rings. The predicted molar refractivity (Wildman–Crippen MR) is 74.1 cm³/mol. The molecule has 9 heteroatoms. The Bertz CT molecular complexity index is 561. The van der Waals surface area contributed by atoms with Crippen LogP contribution in [0.1, 0.15) is 29.3 Å². The van der Waals surface area contributed by atoms with E-state index in [1.165, 1.54) is 0 Å². The number of halogens is 4. The van der Waals surface area contributed by atoms with E-state index in [9.17, 15) is 18.0 Å². The summed E-state index contributed by atoms with van der Waals surface area (Å²) in [5, 5.41) is 13.8. The number of alkyl halides is 3. The van der Waals surface area contributed by atoms with Gasteiger partial charge in [-0.3, -0.25) is 4.79 Å². The van der Waals surface area contributed by atoms with E-state index < -0.39 is 23.7 Å². The highest BCUT2D eigenvalue weighted by Gasteiger charge is 2.31. The molecule has 0 saturated carbocycles. The van der Waals surface area contributed by atoms with Crippen LogP contribution in [0.3, 0.4) is 0 Å². The van der Waals surface area contributed by atoms with Crippen LogP contribution >= 0.6 is 15.9 Å². The number of rotatable bonds is 4. The molecule has 0 aliphatic carbocycles. The number of nitrogens with one attached hydrogen (secondary N) is 1. The zero-order valence-corrected chi connectivity index (χ0v) is 12.5. The van der Waals surface area contributed by atoms with E-state index in [-0.39, 0.29) is 15.9 Å². The van der Waals surface area contributed by atoms with Crippen molar-refractivity contribution in [3.63, 3.8) is 0 Å². The molecule has 4 N–H and O–H groups in total. The third kappa shape index (κ3) is 4.35. The fourth-order valence-electron chi connectivity index (χ4n) is 1.57. The van der Waals surface area contributed by atoms with Gasteiger partial charge >= 0.3 is 6.18 Å². The zero-order valence-electron chi connectivity index (χ0n) is 10.9. The Hall–Kier alpha value is -1.77. The Morgan fingerprint density at radius 1 is 1.52 bits per heavy atom. The van der Waals surface area contributed by atoms with Crippen molar-refractivity contribution in [3.8, 4) is 0 Å². The number of amides is 1. The number of benzene rings is 1. The maximum absolute atomic E-state index is 12.7. The van der Waals surface area contributed by atoms with Gasteiger partial charge in [-0.1, -0.05) is 12.1 Å². The van der Waals surface area contributed by atoms with Crippen LogP contribution in [0.4, 0.5) is 13.2 Å². The van der Waals surface area contributed by atoms with Crippen LogP contribution in [0.15, 0.2) is 27.8 Å². The first-order chi connectivity index (χ1) is 9.70. The molecule has 5 nitrogen and oxygen atoms in total. The smallest absolute Gasteiger partial charge is 0.409 e. The van der Waals surface area contributed by atoms with Crippen LogP contribution in [0.5, 0.6) is 0 Å². The Balaban J connectivity index is 3.07. The van der Waals surface area contributed by atoms with Crippen molar-refractivity contribution < 1.29 is 23.2 Å². The molecule has 21 heavy (non-hydrogen) atoms. The zero-order chi connectivity index (χ0) is 16.2. The molecule has 0 saturated heterocycles. The topological polar surface area (TPSA) is 87.7 Å². The van der Waals surface area contributed by atoms with Crippen molar-refractivity contribution in [1.29, 1.82) is 0 Å². The molecule has 1 amide bonds. The summed E-state index contributed by atoms with van der Waals surface area (Å²) in [7, 11) is 0. The van der Waals surface area contributed by atoms with Crippen LogP contribution in [0, 0.1) is 0 Å². The first kappa shape index (κ1) is 17.3. The van der Waals surface area contributed by atoms with Crippen molar-refractivity contribution in [2.75, 3.05) is 0 Å². The van der Waals surface area contributed by atoms with Gasteiger partial charge in [0.15, 0.2) is 5.84 Å². The molecular weight excluding hydrogens is 355 g/mol. The van der Waals surface area contributed by atoms with Crippen LogP contribution in [-0.2, 0) is 6.18 Å². The van der Waals surface area contributed by atoms with Gasteiger partial charge in [0.1, 0.15) is 0 Å². The Kier molecular flexibility index (Phi) is 5.59. The van der Waals surface area contributed by atoms with Gasteiger partial charge in [-0.15, -0.1) is 0 Å². The first-order valence-corrected chi connectivity index (χ1v) is 6.65. The molecule has 116 valence electrons.